The van der Waals surface area contributed by atoms with Crippen molar-refractivity contribution in [3.63, 3.8) is 0 Å². The first-order valence-electron chi connectivity index (χ1n) is 15.3. The topological polar surface area (TPSA) is 107 Å². The van der Waals surface area contributed by atoms with Crippen molar-refractivity contribution >= 4 is 17.8 Å². The maximum Gasteiger partial charge on any atom is 0.338 e. The van der Waals surface area contributed by atoms with Crippen LogP contribution in [-0.2, 0) is 30.3 Å². The number of hydrogen-bond acceptors (Lipinski definition) is 6. The summed E-state index contributed by atoms with van der Waals surface area (Å²) in [6.45, 7) is 12.9. The van der Waals surface area contributed by atoms with Crippen LogP contribution in [0.3, 0.4) is 0 Å². The van der Waals surface area contributed by atoms with Gasteiger partial charge in [-0.3, -0.25) is 14.6 Å². The fourth-order valence-electron chi connectivity index (χ4n) is 5.50. The predicted octanol–water partition coefficient (Wildman–Crippen LogP) is 6.08. The second-order valence-electron chi connectivity index (χ2n) is 13.2. The van der Waals surface area contributed by atoms with Crippen molar-refractivity contribution in [1.82, 2.24) is 15.6 Å². The van der Waals surface area contributed by atoms with Crippen LogP contribution in [0.5, 0.6) is 0 Å². The molecule has 1 aliphatic heterocycles. The third-order valence-electron chi connectivity index (χ3n) is 7.94. The molecule has 8 heteroatoms. The molecule has 0 aliphatic carbocycles. The maximum absolute atomic E-state index is 13.9. The normalized spacial score (nSPS) is 18.2. The number of pyridine rings is 1. The number of carbonyl (C=O) groups excluding carboxylic acids is 3. The number of esters is 1. The molecule has 0 bridgehead atoms. The van der Waals surface area contributed by atoms with Crippen LogP contribution in [0.15, 0.2) is 73.1 Å². The Bertz CT molecular complexity index is 1450. The molecule has 0 saturated carbocycles. The number of nitrogens with zero attached hydrogens (tertiary/aromatic N) is 1. The molecule has 234 valence electrons. The monoisotopic (exact) mass is 599 g/mol. The minimum absolute atomic E-state index is 0.306. The van der Waals surface area contributed by atoms with E-state index in [2.05, 4.69) is 71.1 Å². The number of rotatable bonds is 11. The minimum Gasteiger partial charge on any atom is -0.432 e. The van der Waals surface area contributed by atoms with Crippen molar-refractivity contribution in [3.05, 3.63) is 89.7 Å². The van der Waals surface area contributed by atoms with Crippen LogP contribution in [0, 0.1) is 18.3 Å². The van der Waals surface area contributed by atoms with Crippen LogP contribution < -0.4 is 10.6 Å². The van der Waals surface area contributed by atoms with Crippen LogP contribution in [0.1, 0.15) is 77.1 Å². The quantitative estimate of drug-likeness (QED) is 0.259. The number of ether oxygens (including phenoxy) is 2. The van der Waals surface area contributed by atoms with E-state index in [1.165, 1.54) is 11.1 Å². The summed E-state index contributed by atoms with van der Waals surface area (Å²) in [6, 6.07) is 19.3. The van der Waals surface area contributed by atoms with Crippen molar-refractivity contribution in [2.45, 2.75) is 91.7 Å². The van der Waals surface area contributed by atoms with Gasteiger partial charge in [0, 0.05) is 26.2 Å². The summed E-state index contributed by atoms with van der Waals surface area (Å²) < 4.78 is 11.3. The fraction of sp³-hybridized carbons (Fsp3) is 0.444. The average molecular weight is 600 g/mol. The van der Waals surface area contributed by atoms with E-state index in [4.69, 9.17) is 9.47 Å². The van der Waals surface area contributed by atoms with Crippen LogP contribution in [0.2, 0.25) is 0 Å². The Hall–Kier alpha value is -4.04. The molecule has 2 amide bonds. The van der Waals surface area contributed by atoms with Crippen LogP contribution in [0.25, 0.3) is 11.1 Å². The largest absolute Gasteiger partial charge is 0.432 e. The molecule has 3 aromatic rings. The van der Waals surface area contributed by atoms with E-state index in [0.717, 1.165) is 23.1 Å². The Morgan fingerprint density at radius 1 is 0.977 bits per heavy atom. The highest BCUT2D eigenvalue weighted by atomic mass is 16.8. The first-order valence-corrected chi connectivity index (χ1v) is 15.3. The first kappa shape index (κ1) is 32.9. The van der Waals surface area contributed by atoms with Crippen molar-refractivity contribution in [3.8, 4) is 11.1 Å². The van der Waals surface area contributed by atoms with E-state index >= 15 is 0 Å². The van der Waals surface area contributed by atoms with Gasteiger partial charge in [0.15, 0.2) is 6.10 Å². The Morgan fingerprint density at radius 2 is 1.70 bits per heavy atom. The molecule has 4 rings (SSSR count). The number of aryl methyl sites for hydroxylation is 2. The van der Waals surface area contributed by atoms with Crippen molar-refractivity contribution < 1.29 is 23.9 Å². The summed E-state index contributed by atoms with van der Waals surface area (Å²) in [6.07, 6.45) is 4.05. The lowest BCUT2D eigenvalue weighted by atomic mass is 9.84. The van der Waals surface area contributed by atoms with Gasteiger partial charge in [-0.15, -0.1) is 0 Å². The minimum atomic E-state index is -1.13. The van der Waals surface area contributed by atoms with E-state index in [1.54, 1.807) is 26.2 Å². The second kappa shape index (κ2) is 13.7. The number of amides is 2. The maximum atomic E-state index is 13.9. The van der Waals surface area contributed by atoms with Gasteiger partial charge in [0.05, 0.1) is 12.0 Å². The SMILES string of the molecule is Cc1cccc(-c2ccc(CCC[C@@H](C(=O)N[C@H](C(=O)N[C@H](C)c3cccnc3)C(C)(C)C)[C@@H]3OC(C)(C)OC3=O)cc2)c1. The molecule has 2 heterocycles. The summed E-state index contributed by atoms with van der Waals surface area (Å²) in [4.78, 5) is 44.4. The van der Waals surface area contributed by atoms with Gasteiger partial charge in [0.25, 0.3) is 0 Å². The summed E-state index contributed by atoms with van der Waals surface area (Å²) in [5.41, 5.74) is 4.90. The van der Waals surface area contributed by atoms with Gasteiger partial charge in [-0.2, -0.15) is 0 Å². The van der Waals surface area contributed by atoms with E-state index in [0.29, 0.717) is 12.8 Å². The zero-order chi connectivity index (χ0) is 32.1. The zero-order valence-electron chi connectivity index (χ0n) is 26.8. The molecule has 1 aliphatic rings. The molecule has 1 aromatic heterocycles. The van der Waals surface area contributed by atoms with E-state index < -0.39 is 41.1 Å². The molecule has 0 unspecified atom stereocenters. The zero-order valence-corrected chi connectivity index (χ0v) is 26.8. The third-order valence-corrected chi connectivity index (χ3v) is 7.94. The molecule has 2 aromatic carbocycles. The number of hydrogen-bond donors (Lipinski definition) is 2. The molecule has 1 saturated heterocycles. The highest BCUT2D eigenvalue weighted by Crippen LogP contribution is 2.32. The summed E-state index contributed by atoms with van der Waals surface area (Å²) in [5.74, 6) is -3.26. The number of carbonyl (C=O) groups is 3. The molecule has 0 spiro atoms. The smallest absolute Gasteiger partial charge is 0.338 e. The lowest BCUT2D eigenvalue weighted by Gasteiger charge is -2.33. The number of benzene rings is 2. The van der Waals surface area contributed by atoms with Gasteiger partial charge in [0.1, 0.15) is 6.04 Å². The summed E-state index contributed by atoms with van der Waals surface area (Å²) in [7, 11) is 0. The molecular weight excluding hydrogens is 554 g/mol. The Balaban J connectivity index is 1.47. The fourth-order valence-corrected chi connectivity index (χ4v) is 5.50. The standard InChI is InChI=1S/C36H45N3O5/c1-23-11-8-13-27(21-23)26-18-16-25(17-19-26)12-9-15-29(30-34(42)44-36(6,7)43-30)32(40)39-31(35(3,4)5)33(41)38-24(2)28-14-10-20-37-22-28/h8,10-11,13-14,16-22,24,29-31H,9,12,15H2,1-7H3,(H,38,41)(H,39,40)/t24-,29-,30+,31-/m1/s1. The molecule has 2 N–H and O–H groups in total. The van der Waals surface area contributed by atoms with E-state index in [-0.39, 0.29) is 11.9 Å². The highest BCUT2D eigenvalue weighted by molar-refractivity contribution is 5.92. The van der Waals surface area contributed by atoms with Gasteiger partial charge >= 0.3 is 5.97 Å². The Morgan fingerprint density at radius 3 is 2.30 bits per heavy atom. The lowest BCUT2D eigenvalue weighted by molar-refractivity contribution is -0.162. The Kier molecular flexibility index (Phi) is 10.3. The lowest BCUT2D eigenvalue weighted by Crippen LogP contribution is -2.56. The number of aromatic nitrogens is 1. The number of cyclic esters (lactones) is 1. The average Bonchev–Trinajstić information content (AvgIpc) is 3.25. The first-order chi connectivity index (χ1) is 20.7. The third kappa shape index (κ3) is 8.53. The molecular formula is C36H45N3O5. The van der Waals surface area contributed by atoms with Gasteiger partial charge in [-0.25, -0.2) is 4.79 Å². The molecule has 44 heavy (non-hydrogen) atoms. The van der Waals surface area contributed by atoms with Crippen molar-refractivity contribution in [2.75, 3.05) is 0 Å². The highest BCUT2D eigenvalue weighted by Gasteiger charge is 2.48. The van der Waals surface area contributed by atoms with Gasteiger partial charge in [-0.1, -0.05) is 80.9 Å². The van der Waals surface area contributed by atoms with Crippen LogP contribution in [-0.4, -0.2) is 40.7 Å². The summed E-state index contributed by atoms with van der Waals surface area (Å²) in [5, 5.41) is 5.97. The van der Waals surface area contributed by atoms with Crippen LogP contribution in [0.4, 0.5) is 0 Å². The van der Waals surface area contributed by atoms with Crippen LogP contribution >= 0.6 is 0 Å². The Labute approximate surface area is 261 Å². The molecule has 4 atom stereocenters. The molecule has 8 nitrogen and oxygen atoms in total. The molecule has 1 fully saturated rings. The van der Waals surface area contributed by atoms with Gasteiger partial charge < -0.3 is 20.1 Å². The number of nitrogens with one attached hydrogen (secondary N) is 2. The summed E-state index contributed by atoms with van der Waals surface area (Å²) >= 11 is 0. The van der Waals surface area contributed by atoms with Crippen molar-refractivity contribution in [1.29, 1.82) is 0 Å². The predicted molar refractivity (Wildman–Crippen MR) is 170 cm³/mol. The van der Waals surface area contributed by atoms with Gasteiger partial charge in [-0.05, 0) is 66.8 Å². The van der Waals surface area contributed by atoms with Crippen molar-refractivity contribution in [2.24, 2.45) is 11.3 Å². The second-order valence-corrected chi connectivity index (χ2v) is 13.2. The van der Waals surface area contributed by atoms with E-state index in [9.17, 15) is 14.4 Å². The molecule has 0 radical (unpaired) electrons. The van der Waals surface area contributed by atoms with Gasteiger partial charge in [0.2, 0.25) is 17.6 Å². The van der Waals surface area contributed by atoms with E-state index in [1.807, 2.05) is 39.8 Å².